The van der Waals surface area contributed by atoms with Gasteiger partial charge in [0, 0.05) is 42.5 Å². The largest absolute Gasteiger partial charge is 0.492 e. The molecule has 0 atom stereocenters. The van der Waals surface area contributed by atoms with Crippen LogP contribution >= 0.6 is 11.3 Å². The smallest absolute Gasteiger partial charge is 0.244 e. The van der Waals surface area contributed by atoms with Crippen molar-refractivity contribution in [2.24, 2.45) is 0 Å². The number of ether oxygens (including phenoxy) is 1. The third kappa shape index (κ3) is 4.68. The van der Waals surface area contributed by atoms with E-state index in [1.807, 2.05) is 19.9 Å². The summed E-state index contributed by atoms with van der Waals surface area (Å²) in [6.45, 7) is 7.36. The summed E-state index contributed by atoms with van der Waals surface area (Å²) in [4.78, 5) is 4.51. The average molecular weight is 406 g/mol. The van der Waals surface area contributed by atoms with Gasteiger partial charge >= 0.3 is 0 Å². The molecular weight excluding hydrogens is 382 g/mol. The lowest BCUT2D eigenvalue weighted by molar-refractivity contribution is 0.159. The van der Waals surface area contributed by atoms with E-state index >= 15 is 0 Å². The van der Waals surface area contributed by atoms with Gasteiger partial charge in [0.15, 0.2) is 0 Å². The number of nitrogens with zero attached hydrogens (tertiary/aromatic N) is 3. The fourth-order valence-electron chi connectivity index (χ4n) is 3.14. The number of rotatable bonds is 6. The zero-order valence-corrected chi connectivity index (χ0v) is 17.1. The molecule has 1 aromatic heterocycles. The highest BCUT2D eigenvalue weighted by molar-refractivity contribution is 7.89. The normalized spacial score (nSPS) is 16.2. The third-order valence-electron chi connectivity index (χ3n) is 4.58. The Kier molecular flexibility index (Phi) is 6.17. The molecule has 1 fully saturated rings. The molecule has 2 heterocycles. The predicted molar refractivity (Wildman–Crippen MR) is 106 cm³/mol. The molecule has 0 bridgehead atoms. The van der Waals surface area contributed by atoms with Gasteiger partial charge in [-0.3, -0.25) is 4.90 Å². The summed E-state index contributed by atoms with van der Waals surface area (Å²) in [6, 6.07) is 10.9. The summed E-state index contributed by atoms with van der Waals surface area (Å²) in [6.07, 6.45) is 0. The molecule has 1 saturated heterocycles. The van der Waals surface area contributed by atoms with E-state index in [2.05, 4.69) is 11.0 Å². The molecule has 1 aromatic carbocycles. The van der Waals surface area contributed by atoms with Gasteiger partial charge in [-0.2, -0.15) is 9.57 Å². The van der Waals surface area contributed by atoms with Gasteiger partial charge in [-0.25, -0.2) is 8.42 Å². The minimum atomic E-state index is -3.41. The first kappa shape index (κ1) is 19.8. The van der Waals surface area contributed by atoms with E-state index in [0.29, 0.717) is 49.0 Å². The van der Waals surface area contributed by atoms with Gasteiger partial charge in [0.25, 0.3) is 0 Å². The lowest BCUT2D eigenvalue weighted by Gasteiger charge is -2.33. The summed E-state index contributed by atoms with van der Waals surface area (Å²) in [5, 5.41) is 8.92. The van der Waals surface area contributed by atoms with Crippen molar-refractivity contribution in [1.29, 1.82) is 5.26 Å². The molecular formula is C19H23N3O3S2. The van der Waals surface area contributed by atoms with Gasteiger partial charge in [-0.05, 0) is 38.1 Å². The zero-order chi connectivity index (χ0) is 19.4. The molecule has 6 nitrogen and oxygen atoms in total. The Balaban J connectivity index is 1.50. The van der Waals surface area contributed by atoms with Crippen LogP contribution in [-0.2, 0) is 10.0 Å². The van der Waals surface area contributed by atoms with E-state index in [1.165, 1.54) is 11.3 Å². The first-order chi connectivity index (χ1) is 12.9. The minimum Gasteiger partial charge on any atom is -0.492 e. The quantitative estimate of drug-likeness (QED) is 0.739. The van der Waals surface area contributed by atoms with E-state index in [0.717, 1.165) is 16.3 Å². The topological polar surface area (TPSA) is 73.6 Å². The molecule has 2 aromatic rings. The molecule has 0 unspecified atom stereocenters. The molecule has 3 rings (SSSR count). The van der Waals surface area contributed by atoms with Crippen molar-refractivity contribution in [2.45, 2.75) is 18.7 Å². The highest BCUT2D eigenvalue weighted by atomic mass is 32.2. The number of sulfonamides is 1. The number of hydrogen-bond donors (Lipinski definition) is 0. The fourth-order valence-corrected chi connectivity index (χ4v) is 6.09. The average Bonchev–Trinajstić information content (AvgIpc) is 3.01. The van der Waals surface area contributed by atoms with Crippen molar-refractivity contribution >= 4 is 21.4 Å². The molecule has 1 aliphatic heterocycles. The van der Waals surface area contributed by atoms with E-state index in [-0.39, 0.29) is 0 Å². The third-order valence-corrected chi connectivity index (χ3v) is 7.70. The summed E-state index contributed by atoms with van der Waals surface area (Å²) in [7, 11) is -3.41. The Morgan fingerprint density at radius 2 is 1.93 bits per heavy atom. The van der Waals surface area contributed by atoms with Crippen molar-refractivity contribution in [3.05, 3.63) is 45.6 Å². The van der Waals surface area contributed by atoms with Crippen molar-refractivity contribution < 1.29 is 13.2 Å². The second-order valence-electron chi connectivity index (χ2n) is 6.51. The standard InChI is InChI=1S/C19H23N3O3S2/c1-15-12-19(16(2)26-15)27(23,24)22-8-6-21(7-9-22)10-11-25-18-5-3-4-17(13-18)14-20/h3-5,12-13H,6-11H2,1-2H3. The monoisotopic (exact) mass is 405 g/mol. The maximum absolute atomic E-state index is 12.9. The maximum atomic E-state index is 12.9. The zero-order valence-electron chi connectivity index (χ0n) is 15.5. The second-order valence-corrected chi connectivity index (χ2v) is 9.88. The molecule has 0 radical (unpaired) electrons. The molecule has 1 aliphatic rings. The molecule has 8 heteroatoms. The van der Waals surface area contributed by atoms with Crippen LogP contribution in [0.5, 0.6) is 5.75 Å². The second kappa shape index (κ2) is 8.40. The van der Waals surface area contributed by atoms with Crippen LogP contribution in [0.3, 0.4) is 0 Å². The van der Waals surface area contributed by atoms with Crippen LogP contribution < -0.4 is 4.74 Å². The number of piperazine rings is 1. The van der Waals surface area contributed by atoms with Gasteiger partial charge in [-0.1, -0.05) is 6.07 Å². The van der Waals surface area contributed by atoms with Gasteiger partial charge in [-0.15, -0.1) is 11.3 Å². The van der Waals surface area contributed by atoms with Crippen molar-refractivity contribution in [3.63, 3.8) is 0 Å². The van der Waals surface area contributed by atoms with E-state index in [1.54, 1.807) is 28.6 Å². The highest BCUT2D eigenvalue weighted by Crippen LogP contribution is 2.28. The molecule has 0 saturated carbocycles. The molecule has 27 heavy (non-hydrogen) atoms. The van der Waals surface area contributed by atoms with Gasteiger partial charge in [0.05, 0.1) is 16.5 Å². The van der Waals surface area contributed by atoms with Crippen LogP contribution in [0, 0.1) is 25.2 Å². The van der Waals surface area contributed by atoms with Crippen LogP contribution in [0.2, 0.25) is 0 Å². The summed E-state index contributed by atoms with van der Waals surface area (Å²) < 4.78 is 33.0. The van der Waals surface area contributed by atoms with E-state index in [9.17, 15) is 8.42 Å². The number of nitriles is 1. The lowest BCUT2D eigenvalue weighted by atomic mass is 10.2. The molecule has 0 spiro atoms. The number of thiophene rings is 1. The summed E-state index contributed by atoms with van der Waals surface area (Å²) in [5.41, 5.74) is 0.574. The number of aryl methyl sites for hydroxylation is 2. The summed E-state index contributed by atoms with van der Waals surface area (Å²) >= 11 is 1.52. The van der Waals surface area contributed by atoms with Crippen LogP contribution in [-0.4, -0.2) is 57.0 Å². The highest BCUT2D eigenvalue weighted by Gasteiger charge is 2.30. The van der Waals surface area contributed by atoms with Crippen LogP contribution in [0.25, 0.3) is 0 Å². The van der Waals surface area contributed by atoms with E-state index < -0.39 is 10.0 Å². The van der Waals surface area contributed by atoms with Crippen molar-refractivity contribution in [2.75, 3.05) is 39.3 Å². The van der Waals surface area contributed by atoms with Crippen molar-refractivity contribution in [1.82, 2.24) is 9.21 Å². The van der Waals surface area contributed by atoms with Crippen LogP contribution in [0.4, 0.5) is 0 Å². The SMILES string of the molecule is Cc1cc(S(=O)(=O)N2CCN(CCOc3cccc(C#N)c3)CC2)c(C)s1. The number of hydrogen-bond acceptors (Lipinski definition) is 6. The molecule has 0 amide bonds. The van der Waals surface area contributed by atoms with Gasteiger partial charge < -0.3 is 4.74 Å². The Morgan fingerprint density at radius 3 is 2.56 bits per heavy atom. The van der Waals surface area contributed by atoms with E-state index in [4.69, 9.17) is 10.00 Å². The lowest BCUT2D eigenvalue weighted by Crippen LogP contribution is -2.49. The predicted octanol–water partition coefficient (Wildman–Crippen LogP) is 2.62. The Morgan fingerprint density at radius 1 is 1.19 bits per heavy atom. The Bertz CT molecular complexity index is 939. The first-order valence-electron chi connectivity index (χ1n) is 8.82. The minimum absolute atomic E-state index is 0.444. The van der Waals surface area contributed by atoms with Crippen LogP contribution in [0.1, 0.15) is 15.3 Å². The first-order valence-corrected chi connectivity index (χ1v) is 11.1. The Labute approximate surface area is 164 Å². The summed E-state index contributed by atoms with van der Waals surface area (Å²) in [5.74, 6) is 0.679. The molecule has 0 N–H and O–H groups in total. The molecule has 0 aliphatic carbocycles. The molecule has 144 valence electrons. The fraction of sp³-hybridized carbons (Fsp3) is 0.421. The van der Waals surface area contributed by atoms with Crippen LogP contribution in [0.15, 0.2) is 35.2 Å². The number of benzene rings is 1. The van der Waals surface area contributed by atoms with Gasteiger partial charge in [0.1, 0.15) is 12.4 Å². The Hall–Kier alpha value is -1.92. The van der Waals surface area contributed by atoms with Crippen molar-refractivity contribution in [3.8, 4) is 11.8 Å². The maximum Gasteiger partial charge on any atom is 0.244 e. The van der Waals surface area contributed by atoms with Gasteiger partial charge in [0.2, 0.25) is 10.0 Å².